The molecule has 0 spiro atoms. The van der Waals surface area contributed by atoms with Gasteiger partial charge < -0.3 is 4.12 Å². The number of hydrogen-bond donors (Lipinski definition) is 0. The molecule has 0 rings (SSSR count). The van der Waals surface area contributed by atoms with Gasteiger partial charge in [0.25, 0.3) is 0 Å². The molecular formula is C12H22OSi2. The summed E-state index contributed by atoms with van der Waals surface area (Å²) >= 11 is 0. The summed E-state index contributed by atoms with van der Waals surface area (Å²) in [4.78, 5) is 0. The summed E-state index contributed by atoms with van der Waals surface area (Å²) in [5.74, 6) is 0. The molecule has 0 aromatic carbocycles. The topological polar surface area (TPSA) is 9.23 Å². The summed E-state index contributed by atoms with van der Waals surface area (Å²) in [7, 11) is -2.25. The Morgan fingerprint density at radius 2 is 0.933 bits per heavy atom. The molecule has 0 aliphatic heterocycles. The average Bonchev–Trinajstić information content (AvgIpc) is 2.19. The smallest absolute Gasteiger partial charge is 0.170 e. The third-order valence-corrected chi connectivity index (χ3v) is 8.62. The van der Waals surface area contributed by atoms with Gasteiger partial charge in [-0.1, -0.05) is 24.3 Å². The maximum absolute atomic E-state index is 6.20. The lowest BCUT2D eigenvalue weighted by molar-refractivity contribution is 0.588. The molecule has 0 heterocycles. The molecular weight excluding hydrogens is 216 g/mol. The van der Waals surface area contributed by atoms with E-state index in [0.29, 0.717) is 0 Å². The molecule has 0 saturated carbocycles. The van der Waals surface area contributed by atoms with Crippen molar-refractivity contribution in [2.24, 2.45) is 0 Å². The van der Waals surface area contributed by atoms with Crippen LogP contribution in [0, 0.1) is 0 Å². The minimum Gasteiger partial charge on any atom is -0.459 e. The monoisotopic (exact) mass is 238 g/mol. The van der Waals surface area contributed by atoms with E-state index in [-0.39, 0.29) is 0 Å². The van der Waals surface area contributed by atoms with Crippen LogP contribution >= 0.6 is 0 Å². The highest BCUT2D eigenvalue weighted by molar-refractivity contribution is 6.67. The third-order valence-electron chi connectivity index (χ3n) is 2.10. The Kier molecular flexibility index (Phi) is 9.47. The zero-order valence-electron chi connectivity index (χ0n) is 9.53. The Bertz CT molecular complexity index is 172. The van der Waals surface area contributed by atoms with Crippen LogP contribution in [0.1, 0.15) is 0 Å². The van der Waals surface area contributed by atoms with Crippen molar-refractivity contribution in [3.05, 3.63) is 50.6 Å². The van der Waals surface area contributed by atoms with Gasteiger partial charge in [0.1, 0.15) is 0 Å². The normalized spacial score (nSPS) is 10.3. The number of hydrogen-bond acceptors (Lipinski definition) is 1. The van der Waals surface area contributed by atoms with E-state index in [0.717, 1.165) is 24.2 Å². The molecule has 0 bridgehead atoms. The van der Waals surface area contributed by atoms with Gasteiger partial charge >= 0.3 is 0 Å². The van der Waals surface area contributed by atoms with Gasteiger partial charge in [-0.15, -0.1) is 26.3 Å². The van der Waals surface area contributed by atoms with Gasteiger partial charge in [0.05, 0.1) is 0 Å². The van der Waals surface area contributed by atoms with Crippen molar-refractivity contribution in [1.29, 1.82) is 0 Å². The minimum atomic E-state index is -1.12. The predicted molar refractivity (Wildman–Crippen MR) is 75.4 cm³/mol. The van der Waals surface area contributed by atoms with Crippen molar-refractivity contribution in [1.82, 2.24) is 0 Å². The molecule has 0 radical (unpaired) electrons. The van der Waals surface area contributed by atoms with Crippen LogP contribution < -0.4 is 0 Å². The molecule has 0 atom stereocenters. The maximum Gasteiger partial charge on any atom is 0.170 e. The lowest BCUT2D eigenvalue weighted by Crippen LogP contribution is -2.27. The Morgan fingerprint density at radius 3 is 1.13 bits per heavy atom. The highest BCUT2D eigenvalue weighted by atomic mass is 28.4. The van der Waals surface area contributed by atoms with Crippen LogP contribution in [-0.2, 0) is 4.12 Å². The third kappa shape index (κ3) is 7.30. The Labute approximate surface area is 97.3 Å². The largest absolute Gasteiger partial charge is 0.459 e. The van der Waals surface area contributed by atoms with Gasteiger partial charge in [-0.05, 0) is 24.2 Å². The Balaban J connectivity index is 4.15. The second-order valence-electron chi connectivity index (χ2n) is 3.48. The van der Waals surface area contributed by atoms with Crippen molar-refractivity contribution in [2.75, 3.05) is 0 Å². The van der Waals surface area contributed by atoms with Crippen LogP contribution in [0.15, 0.2) is 50.6 Å². The van der Waals surface area contributed by atoms with Crippen molar-refractivity contribution in [3.8, 4) is 0 Å². The minimum absolute atomic E-state index is 1.03. The van der Waals surface area contributed by atoms with Crippen LogP contribution in [0.3, 0.4) is 0 Å². The summed E-state index contributed by atoms with van der Waals surface area (Å²) in [6.45, 7) is 15.1. The van der Waals surface area contributed by atoms with Crippen molar-refractivity contribution in [2.45, 2.75) is 24.2 Å². The lowest BCUT2D eigenvalue weighted by atomic mass is 10.7. The van der Waals surface area contributed by atoms with Crippen LogP contribution in [0.2, 0.25) is 24.2 Å². The molecule has 0 aromatic rings. The van der Waals surface area contributed by atoms with Crippen LogP contribution in [0.25, 0.3) is 0 Å². The van der Waals surface area contributed by atoms with E-state index in [1.54, 1.807) is 0 Å². The molecule has 0 aromatic heterocycles. The Hall–Kier alpha value is -0.646. The quantitative estimate of drug-likeness (QED) is 0.419. The van der Waals surface area contributed by atoms with Gasteiger partial charge in [-0.3, -0.25) is 0 Å². The Morgan fingerprint density at radius 1 is 0.667 bits per heavy atom. The summed E-state index contributed by atoms with van der Waals surface area (Å²) < 4.78 is 6.20. The molecule has 0 aliphatic rings. The molecule has 1 nitrogen and oxygen atoms in total. The molecule has 84 valence electrons. The van der Waals surface area contributed by atoms with E-state index in [1.165, 1.54) is 0 Å². The molecule has 0 aliphatic carbocycles. The van der Waals surface area contributed by atoms with E-state index in [2.05, 4.69) is 26.3 Å². The van der Waals surface area contributed by atoms with E-state index >= 15 is 0 Å². The van der Waals surface area contributed by atoms with E-state index in [1.807, 2.05) is 24.3 Å². The molecule has 3 heteroatoms. The molecule has 0 N–H and O–H groups in total. The zero-order chi connectivity index (χ0) is 11.5. The first-order chi connectivity index (χ1) is 7.28. The predicted octanol–water partition coefficient (Wildman–Crippen LogP) is 3.19. The fourth-order valence-corrected chi connectivity index (χ4v) is 7.26. The van der Waals surface area contributed by atoms with Crippen molar-refractivity contribution >= 4 is 18.1 Å². The summed E-state index contributed by atoms with van der Waals surface area (Å²) in [6, 6.07) is 4.13. The molecule has 0 fully saturated rings. The molecule has 15 heavy (non-hydrogen) atoms. The molecule has 0 unspecified atom stereocenters. The summed E-state index contributed by atoms with van der Waals surface area (Å²) in [5.41, 5.74) is 0. The standard InChI is InChI=1S/C12H22OSi2/c1-5-9-14(10-6-2)13-15(11-7-3)12-8-4/h5-8,14-15H,1-4,9-12H2. The van der Waals surface area contributed by atoms with Crippen LogP contribution in [0.5, 0.6) is 0 Å². The van der Waals surface area contributed by atoms with E-state index in [9.17, 15) is 0 Å². The summed E-state index contributed by atoms with van der Waals surface area (Å²) in [5, 5.41) is 0. The number of rotatable bonds is 10. The highest BCUT2D eigenvalue weighted by Crippen LogP contribution is 2.10. The van der Waals surface area contributed by atoms with Gasteiger partial charge in [0, 0.05) is 0 Å². The van der Waals surface area contributed by atoms with Gasteiger partial charge in [0.15, 0.2) is 18.1 Å². The fourth-order valence-electron chi connectivity index (χ4n) is 1.43. The van der Waals surface area contributed by atoms with Gasteiger partial charge in [-0.2, -0.15) is 0 Å². The van der Waals surface area contributed by atoms with Crippen molar-refractivity contribution < 1.29 is 4.12 Å². The van der Waals surface area contributed by atoms with Crippen LogP contribution in [-0.4, -0.2) is 18.1 Å². The summed E-state index contributed by atoms with van der Waals surface area (Å²) in [6.07, 6.45) is 7.86. The van der Waals surface area contributed by atoms with Crippen molar-refractivity contribution in [3.63, 3.8) is 0 Å². The second kappa shape index (κ2) is 9.89. The SMILES string of the molecule is C=CC[SiH](CC=C)O[SiH](CC=C)CC=C. The average molecular weight is 238 g/mol. The number of allylic oxidation sites excluding steroid dienone is 4. The van der Waals surface area contributed by atoms with Gasteiger partial charge in [-0.25, -0.2) is 0 Å². The maximum atomic E-state index is 6.20. The highest BCUT2D eigenvalue weighted by Gasteiger charge is 2.15. The second-order valence-corrected chi connectivity index (χ2v) is 8.94. The first-order valence-electron chi connectivity index (χ1n) is 5.37. The first kappa shape index (κ1) is 14.4. The van der Waals surface area contributed by atoms with Crippen LogP contribution in [0.4, 0.5) is 0 Å². The lowest BCUT2D eigenvalue weighted by Gasteiger charge is -2.20. The first-order valence-corrected chi connectivity index (χ1v) is 9.58. The zero-order valence-corrected chi connectivity index (χ0v) is 11.8. The van der Waals surface area contributed by atoms with E-state index in [4.69, 9.17) is 4.12 Å². The molecule has 0 saturated heterocycles. The fraction of sp³-hybridized carbons (Fsp3) is 0.333. The molecule has 0 amide bonds. The van der Waals surface area contributed by atoms with Gasteiger partial charge in [0.2, 0.25) is 0 Å². The van der Waals surface area contributed by atoms with E-state index < -0.39 is 18.1 Å².